The van der Waals surface area contributed by atoms with Crippen LogP contribution < -0.4 is 4.90 Å². The Balaban J connectivity index is 1.62. The SMILES string of the molecule is OC1CCN(c2cc(-c3ccc(Cl)cc3)nc(-c3cccnc3)n2)C(c2ccc(Cl)cc2)C1. The van der Waals surface area contributed by atoms with Crippen LogP contribution in [0.1, 0.15) is 24.4 Å². The number of aliphatic hydroxyl groups excluding tert-OH is 1. The Labute approximate surface area is 202 Å². The minimum atomic E-state index is -0.364. The summed E-state index contributed by atoms with van der Waals surface area (Å²) in [6, 6.07) is 21.2. The highest BCUT2D eigenvalue weighted by atomic mass is 35.5. The van der Waals surface area contributed by atoms with Gasteiger partial charge in [0.2, 0.25) is 0 Å². The Morgan fingerprint density at radius 3 is 2.30 bits per heavy atom. The van der Waals surface area contributed by atoms with Gasteiger partial charge in [-0.2, -0.15) is 0 Å². The number of halogens is 2. The number of piperidine rings is 1. The Morgan fingerprint density at radius 2 is 1.61 bits per heavy atom. The molecule has 1 aliphatic heterocycles. The van der Waals surface area contributed by atoms with Gasteiger partial charge in [-0.25, -0.2) is 9.97 Å². The van der Waals surface area contributed by atoms with Crippen molar-refractivity contribution < 1.29 is 5.11 Å². The fourth-order valence-electron chi connectivity index (χ4n) is 4.20. The summed E-state index contributed by atoms with van der Waals surface area (Å²) in [4.78, 5) is 16.3. The number of rotatable bonds is 4. The van der Waals surface area contributed by atoms with Gasteiger partial charge in [0.25, 0.3) is 0 Å². The standard InChI is InChI=1S/C26H22Cl2N4O/c27-20-7-3-17(4-8-20)23-15-25(31-26(30-23)19-2-1-12-29-16-19)32-13-11-22(33)14-24(32)18-5-9-21(28)10-6-18/h1-10,12,15-16,22,24,33H,11,13-14H2. The molecule has 2 aromatic heterocycles. The highest BCUT2D eigenvalue weighted by molar-refractivity contribution is 6.30. The number of nitrogens with zero attached hydrogens (tertiary/aromatic N) is 4. The lowest BCUT2D eigenvalue weighted by molar-refractivity contribution is 0.128. The first kappa shape index (κ1) is 21.8. The van der Waals surface area contributed by atoms with E-state index in [1.54, 1.807) is 12.4 Å². The smallest absolute Gasteiger partial charge is 0.163 e. The Hall–Kier alpha value is -2.99. The van der Waals surface area contributed by atoms with Gasteiger partial charge in [0.15, 0.2) is 5.82 Å². The van der Waals surface area contributed by atoms with Gasteiger partial charge < -0.3 is 10.0 Å². The molecule has 1 aliphatic rings. The first-order valence-corrected chi connectivity index (χ1v) is 11.6. The summed E-state index contributed by atoms with van der Waals surface area (Å²) in [7, 11) is 0. The monoisotopic (exact) mass is 476 g/mol. The number of aromatic nitrogens is 3. The molecule has 33 heavy (non-hydrogen) atoms. The maximum atomic E-state index is 10.4. The van der Waals surface area contributed by atoms with Crippen molar-refractivity contribution >= 4 is 29.0 Å². The van der Waals surface area contributed by atoms with Crippen LogP contribution in [0.5, 0.6) is 0 Å². The van der Waals surface area contributed by atoms with Crippen LogP contribution in [-0.2, 0) is 0 Å². The van der Waals surface area contributed by atoms with Gasteiger partial charge in [0.1, 0.15) is 5.82 Å². The molecule has 1 fully saturated rings. The minimum absolute atomic E-state index is 0.0271. The summed E-state index contributed by atoms with van der Waals surface area (Å²) in [5.41, 5.74) is 3.69. The van der Waals surface area contributed by atoms with Gasteiger partial charge in [-0.3, -0.25) is 4.98 Å². The van der Waals surface area contributed by atoms with Crippen molar-refractivity contribution in [3.8, 4) is 22.6 Å². The van der Waals surface area contributed by atoms with E-state index in [1.165, 1.54) is 0 Å². The molecule has 5 nitrogen and oxygen atoms in total. The van der Waals surface area contributed by atoms with Crippen molar-refractivity contribution in [2.75, 3.05) is 11.4 Å². The van der Waals surface area contributed by atoms with Crippen LogP contribution in [0, 0.1) is 0 Å². The summed E-state index contributed by atoms with van der Waals surface area (Å²) in [5, 5.41) is 11.8. The van der Waals surface area contributed by atoms with Crippen LogP contribution in [0.2, 0.25) is 10.0 Å². The van der Waals surface area contributed by atoms with E-state index >= 15 is 0 Å². The molecular formula is C26H22Cl2N4O. The van der Waals surface area contributed by atoms with Crippen LogP contribution in [0.15, 0.2) is 79.1 Å². The first-order valence-electron chi connectivity index (χ1n) is 10.8. The topological polar surface area (TPSA) is 62.1 Å². The molecule has 1 N–H and O–H groups in total. The van der Waals surface area contributed by atoms with Crippen LogP contribution >= 0.6 is 23.2 Å². The molecule has 0 saturated carbocycles. The van der Waals surface area contributed by atoms with Crippen molar-refractivity contribution in [3.05, 3.63) is 94.7 Å². The zero-order chi connectivity index (χ0) is 22.8. The van der Waals surface area contributed by atoms with E-state index in [2.05, 4.69) is 9.88 Å². The van der Waals surface area contributed by atoms with E-state index in [0.29, 0.717) is 35.3 Å². The summed E-state index contributed by atoms with van der Waals surface area (Å²) < 4.78 is 0. The van der Waals surface area contributed by atoms with Crippen LogP contribution in [0.3, 0.4) is 0 Å². The summed E-state index contributed by atoms with van der Waals surface area (Å²) >= 11 is 12.2. The zero-order valence-electron chi connectivity index (χ0n) is 17.8. The summed E-state index contributed by atoms with van der Waals surface area (Å²) in [6.07, 6.45) is 4.42. The number of anilines is 1. The van der Waals surface area contributed by atoms with Crippen LogP contribution in [0.4, 0.5) is 5.82 Å². The first-order chi connectivity index (χ1) is 16.1. The summed E-state index contributed by atoms with van der Waals surface area (Å²) in [6.45, 7) is 0.679. The molecule has 4 aromatic rings. The van der Waals surface area contributed by atoms with Gasteiger partial charge in [0, 0.05) is 46.2 Å². The lowest BCUT2D eigenvalue weighted by Crippen LogP contribution is -2.39. The highest BCUT2D eigenvalue weighted by Gasteiger charge is 2.30. The average Bonchev–Trinajstić information content (AvgIpc) is 2.85. The lowest BCUT2D eigenvalue weighted by atomic mass is 9.93. The van der Waals surface area contributed by atoms with Crippen molar-refractivity contribution in [2.24, 2.45) is 0 Å². The quantitative estimate of drug-likeness (QED) is 0.379. The molecule has 2 atom stereocenters. The molecule has 0 aliphatic carbocycles. The molecule has 0 spiro atoms. The second kappa shape index (κ2) is 9.48. The number of pyridine rings is 1. The molecule has 0 bridgehead atoms. The molecule has 2 aromatic carbocycles. The molecule has 5 rings (SSSR count). The van der Waals surface area contributed by atoms with E-state index in [4.69, 9.17) is 33.2 Å². The molecule has 1 saturated heterocycles. The van der Waals surface area contributed by atoms with Crippen molar-refractivity contribution in [1.82, 2.24) is 15.0 Å². The van der Waals surface area contributed by atoms with Crippen LogP contribution in [0.25, 0.3) is 22.6 Å². The van der Waals surface area contributed by atoms with Gasteiger partial charge in [0.05, 0.1) is 17.8 Å². The Bertz CT molecular complexity index is 1230. The Morgan fingerprint density at radius 1 is 0.879 bits per heavy atom. The third kappa shape index (κ3) is 4.86. The minimum Gasteiger partial charge on any atom is -0.393 e. The van der Waals surface area contributed by atoms with E-state index in [9.17, 15) is 5.11 Å². The number of benzene rings is 2. The summed E-state index contributed by atoms with van der Waals surface area (Å²) in [5.74, 6) is 1.41. The predicted octanol–water partition coefficient (Wildman–Crippen LogP) is 6.21. The van der Waals surface area contributed by atoms with Crippen molar-refractivity contribution in [2.45, 2.75) is 25.0 Å². The molecular weight excluding hydrogens is 455 g/mol. The maximum absolute atomic E-state index is 10.4. The van der Waals surface area contributed by atoms with Crippen molar-refractivity contribution in [3.63, 3.8) is 0 Å². The normalized spacial score (nSPS) is 18.3. The lowest BCUT2D eigenvalue weighted by Gasteiger charge is -2.39. The third-order valence-corrected chi connectivity index (χ3v) is 6.40. The Kier molecular flexibility index (Phi) is 6.27. The molecule has 0 amide bonds. The van der Waals surface area contributed by atoms with Gasteiger partial charge in [-0.05, 0) is 54.8 Å². The van der Waals surface area contributed by atoms with E-state index < -0.39 is 0 Å². The van der Waals surface area contributed by atoms with Gasteiger partial charge in [-0.15, -0.1) is 0 Å². The zero-order valence-corrected chi connectivity index (χ0v) is 19.3. The second-order valence-corrected chi connectivity index (χ2v) is 9.00. The van der Waals surface area contributed by atoms with Gasteiger partial charge in [-0.1, -0.05) is 47.5 Å². The fraction of sp³-hybridized carbons (Fsp3) is 0.192. The van der Waals surface area contributed by atoms with E-state index in [1.807, 2.05) is 66.7 Å². The molecule has 0 radical (unpaired) electrons. The van der Waals surface area contributed by atoms with Crippen molar-refractivity contribution in [1.29, 1.82) is 0 Å². The largest absolute Gasteiger partial charge is 0.393 e. The molecule has 166 valence electrons. The third-order valence-electron chi connectivity index (χ3n) is 5.90. The average molecular weight is 477 g/mol. The number of hydrogen-bond donors (Lipinski definition) is 1. The predicted molar refractivity (Wildman–Crippen MR) is 132 cm³/mol. The molecule has 7 heteroatoms. The molecule has 3 heterocycles. The highest BCUT2D eigenvalue weighted by Crippen LogP contribution is 2.37. The number of hydrogen-bond acceptors (Lipinski definition) is 5. The van der Waals surface area contributed by atoms with Crippen LogP contribution in [-0.4, -0.2) is 32.7 Å². The fourth-order valence-corrected chi connectivity index (χ4v) is 4.45. The second-order valence-electron chi connectivity index (χ2n) is 8.12. The number of aliphatic hydroxyl groups is 1. The molecule has 2 unspecified atom stereocenters. The van der Waals surface area contributed by atoms with Gasteiger partial charge >= 0.3 is 0 Å². The van der Waals surface area contributed by atoms with E-state index in [-0.39, 0.29) is 12.1 Å². The maximum Gasteiger partial charge on any atom is 0.163 e. The van der Waals surface area contributed by atoms with E-state index in [0.717, 1.165) is 28.2 Å².